The molecule has 0 saturated carbocycles. The maximum atomic E-state index is 11.9. The molecule has 7 aromatic rings. The van der Waals surface area contributed by atoms with Gasteiger partial charge in [-0.1, -0.05) is 0 Å². The molecule has 2 aliphatic rings. The quantitative estimate of drug-likeness (QED) is 0.0776. The van der Waals surface area contributed by atoms with Crippen molar-refractivity contribution in [1.82, 2.24) is 19.9 Å². The van der Waals surface area contributed by atoms with Gasteiger partial charge in [0, 0.05) is 102 Å². The molecule has 0 radical (unpaired) electrons. The number of carbonyl (C=O) groups excluding carboxylic acids is 4. The van der Waals surface area contributed by atoms with Crippen LogP contribution in [0, 0.1) is 0 Å². The van der Waals surface area contributed by atoms with Crippen LogP contribution in [-0.4, -0.2) is 43.8 Å². The van der Waals surface area contributed by atoms with Gasteiger partial charge in [0.2, 0.25) is 0 Å². The maximum absolute atomic E-state index is 11.9. The Morgan fingerprint density at radius 1 is 0.397 bits per heavy atom. The Kier molecular flexibility index (Phi) is 12.6. The number of ether oxygens (including phenoxy) is 4. The SMILES string of the molecule is CC(=O)OC[n+]1cccc(-c2c3nc(c(-c4ccc[n+](COC(C)=O)c4)c4ccc([nH]4)c(-c4ccc[n+](COC(C)=O)c4)c4ccc([nH]4)c(-c4ccc[n+](COC(C)=O)c4)c4nc2C=C4)C=C3)c1. The van der Waals surface area contributed by atoms with Crippen LogP contribution in [0.25, 0.3) is 90.9 Å². The molecule has 0 atom stereocenters. The number of pyridine rings is 4. The molecule has 0 unspecified atom stereocenters. The lowest BCUT2D eigenvalue weighted by atomic mass is 10.0. The number of fused-ring (bicyclic) bond motifs is 8. The van der Waals surface area contributed by atoms with E-state index in [1.807, 2.05) is 147 Å². The number of H-pyrrole nitrogens is 2. The van der Waals surface area contributed by atoms with Crippen molar-refractivity contribution in [1.29, 1.82) is 0 Å². The summed E-state index contributed by atoms with van der Waals surface area (Å²) >= 11 is 0. The van der Waals surface area contributed by atoms with Gasteiger partial charge in [-0.05, 0) is 72.8 Å². The van der Waals surface area contributed by atoms with E-state index in [1.165, 1.54) is 27.7 Å². The highest BCUT2D eigenvalue weighted by molar-refractivity contribution is 5.99. The number of aromatic nitrogens is 8. The summed E-state index contributed by atoms with van der Waals surface area (Å²) in [6.45, 7) is 5.53. The molecular formula is C52H46N8O8+4. The molecule has 9 heterocycles. The van der Waals surface area contributed by atoms with E-state index in [4.69, 9.17) is 28.9 Å². The van der Waals surface area contributed by atoms with Gasteiger partial charge in [-0.25, -0.2) is 9.97 Å². The first-order chi connectivity index (χ1) is 32.9. The molecule has 2 N–H and O–H groups in total. The molecule has 8 bridgehead atoms. The minimum atomic E-state index is -0.405. The summed E-state index contributed by atoms with van der Waals surface area (Å²) in [5.41, 5.74) is 11.8. The number of hydrogen-bond donors (Lipinski definition) is 2. The van der Waals surface area contributed by atoms with E-state index in [0.29, 0.717) is 22.8 Å². The molecule has 338 valence electrons. The van der Waals surface area contributed by atoms with Gasteiger partial charge in [-0.3, -0.25) is 19.2 Å². The van der Waals surface area contributed by atoms with E-state index in [-0.39, 0.29) is 26.9 Å². The molecular weight excluding hydrogens is 865 g/mol. The summed E-state index contributed by atoms with van der Waals surface area (Å²) in [5.74, 6) is -1.61. The lowest BCUT2D eigenvalue weighted by Crippen LogP contribution is -2.35. The van der Waals surface area contributed by atoms with E-state index < -0.39 is 23.9 Å². The smallest absolute Gasteiger partial charge is 0.307 e. The zero-order valence-electron chi connectivity index (χ0n) is 37.6. The fourth-order valence-electron chi connectivity index (χ4n) is 8.08. The van der Waals surface area contributed by atoms with Gasteiger partial charge in [-0.2, -0.15) is 18.3 Å². The maximum Gasteiger partial charge on any atom is 0.307 e. The Hall–Kier alpha value is -8.92. The minimum Gasteiger partial charge on any atom is -0.405 e. The van der Waals surface area contributed by atoms with Crippen LogP contribution in [0.4, 0.5) is 0 Å². The van der Waals surface area contributed by atoms with Gasteiger partial charge >= 0.3 is 23.9 Å². The minimum absolute atomic E-state index is 0.00683. The van der Waals surface area contributed by atoms with Crippen LogP contribution in [-0.2, 0) is 65.0 Å². The van der Waals surface area contributed by atoms with E-state index in [0.717, 1.165) is 66.6 Å². The first-order valence-electron chi connectivity index (χ1n) is 21.6. The highest BCUT2D eigenvalue weighted by atomic mass is 16.6. The molecule has 9 rings (SSSR count). The summed E-state index contributed by atoms with van der Waals surface area (Å²) in [6, 6.07) is 23.5. The van der Waals surface area contributed by atoms with Crippen molar-refractivity contribution >= 4 is 70.2 Å². The Balaban J connectivity index is 1.39. The average molecular weight is 911 g/mol. The summed E-state index contributed by atoms with van der Waals surface area (Å²) < 4.78 is 28.7. The third kappa shape index (κ3) is 9.84. The second kappa shape index (κ2) is 19.3. The molecule has 16 nitrogen and oxygen atoms in total. The van der Waals surface area contributed by atoms with Crippen LogP contribution in [0.1, 0.15) is 50.5 Å². The number of carbonyl (C=O) groups is 4. The zero-order valence-corrected chi connectivity index (χ0v) is 37.6. The van der Waals surface area contributed by atoms with Crippen molar-refractivity contribution in [2.45, 2.75) is 54.6 Å². The van der Waals surface area contributed by atoms with Crippen LogP contribution in [0.2, 0.25) is 0 Å². The molecule has 0 spiro atoms. The molecule has 0 saturated heterocycles. The molecule has 0 fully saturated rings. The highest BCUT2D eigenvalue weighted by Crippen LogP contribution is 2.38. The summed E-state index contributed by atoms with van der Waals surface area (Å²) in [4.78, 5) is 65.6. The first kappa shape index (κ1) is 44.3. The molecule has 68 heavy (non-hydrogen) atoms. The normalized spacial score (nSPS) is 11.6. The largest absolute Gasteiger partial charge is 0.405 e. The number of nitrogens with one attached hydrogen (secondary N) is 2. The molecule has 0 aromatic carbocycles. The van der Waals surface area contributed by atoms with Crippen molar-refractivity contribution < 1.29 is 56.4 Å². The van der Waals surface area contributed by atoms with Crippen LogP contribution in [0.15, 0.2) is 122 Å². The Morgan fingerprint density at radius 3 is 0.971 bits per heavy atom. The third-order valence-electron chi connectivity index (χ3n) is 11.0. The van der Waals surface area contributed by atoms with Crippen LogP contribution >= 0.6 is 0 Å². The summed E-state index contributed by atoms with van der Waals surface area (Å²) in [7, 11) is 0. The molecule has 0 amide bonds. The standard InChI is InChI=1S/C52H46N8O8/c1-33(61)65-29-57-21-5-9-37(25-57)49-41-13-15-43(53-41)50(38-10-6-22-58(26-38)30-66-34(2)62)45-17-19-47(55-45)52(40-12-8-24-60(28-40)32-68-36(4)64)48-20-18-46(56-48)51(44-16-14-42(49)54-44)39-11-7-23-59(27-39)31-67-35(3)63/h5-28,53-54H,29-32H2,1-4H3/q+4. The number of rotatable bonds is 12. The number of hydrogen-bond acceptors (Lipinski definition) is 10. The number of nitrogens with zero attached hydrogens (tertiary/aromatic N) is 6. The molecule has 2 aliphatic heterocycles. The monoisotopic (exact) mass is 910 g/mol. The van der Waals surface area contributed by atoms with Crippen LogP contribution in [0.5, 0.6) is 0 Å². The Labute approximate surface area is 389 Å². The van der Waals surface area contributed by atoms with Crippen molar-refractivity contribution in [2.24, 2.45) is 0 Å². The molecule has 0 aliphatic carbocycles. The highest BCUT2D eigenvalue weighted by Gasteiger charge is 2.23. The topological polar surface area (TPSA) is 178 Å². The van der Waals surface area contributed by atoms with Gasteiger partial charge in [0.25, 0.3) is 26.9 Å². The predicted molar refractivity (Wildman–Crippen MR) is 248 cm³/mol. The second-order valence-electron chi connectivity index (χ2n) is 16.0. The van der Waals surface area contributed by atoms with E-state index in [9.17, 15) is 19.2 Å². The molecule has 16 heteroatoms. The lowest BCUT2D eigenvalue weighted by molar-refractivity contribution is -0.727. The van der Waals surface area contributed by atoms with Gasteiger partial charge in [0.1, 0.15) is 0 Å². The Bertz CT molecular complexity index is 3250. The van der Waals surface area contributed by atoms with Gasteiger partial charge in [0.05, 0.1) is 39.5 Å². The third-order valence-corrected chi connectivity index (χ3v) is 11.0. The van der Waals surface area contributed by atoms with Crippen molar-refractivity contribution in [3.63, 3.8) is 0 Å². The van der Waals surface area contributed by atoms with Crippen molar-refractivity contribution in [2.75, 3.05) is 0 Å². The van der Waals surface area contributed by atoms with Crippen LogP contribution < -0.4 is 18.3 Å². The van der Waals surface area contributed by atoms with Crippen molar-refractivity contribution in [3.8, 4) is 44.5 Å². The van der Waals surface area contributed by atoms with Gasteiger partial charge in [-0.15, -0.1) is 0 Å². The summed E-state index contributed by atoms with van der Waals surface area (Å²) in [6.07, 6.45) is 22.8. The lowest BCUT2D eigenvalue weighted by Gasteiger charge is -2.07. The first-order valence-corrected chi connectivity index (χ1v) is 21.6. The number of esters is 4. The zero-order chi connectivity index (χ0) is 47.3. The van der Waals surface area contributed by atoms with E-state index in [2.05, 4.69) is 9.97 Å². The van der Waals surface area contributed by atoms with E-state index >= 15 is 0 Å². The predicted octanol–water partition coefficient (Wildman–Crippen LogP) is 6.56. The molecule has 7 aromatic heterocycles. The van der Waals surface area contributed by atoms with E-state index in [1.54, 1.807) is 18.3 Å². The van der Waals surface area contributed by atoms with Gasteiger partial charge in [0.15, 0.2) is 49.6 Å². The van der Waals surface area contributed by atoms with Crippen molar-refractivity contribution in [3.05, 3.63) is 145 Å². The number of aromatic amines is 2. The summed E-state index contributed by atoms with van der Waals surface area (Å²) in [5, 5.41) is 0. The van der Waals surface area contributed by atoms with Crippen LogP contribution in [0.3, 0.4) is 0 Å². The van der Waals surface area contributed by atoms with Gasteiger partial charge < -0.3 is 28.9 Å². The Morgan fingerprint density at radius 2 is 0.662 bits per heavy atom. The average Bonchev–Trinajstić information content (AvgIpc) is 4.18. The fourth-order valence-corrected chi connectivity index (χ4v) is 8.08. The fraction of sp³-hybridized carbons (Fsp3) is 0.154. The second-order valence-corrected chi connectivity index (χ2v) is 16.0.